The molecule has 1 fully saturated rings. The number of rotatable bonds is 10. The number of guanidine groups is 1. The molecule has 27 heavy (non-hydrogen) atoms. The van der Waals surface area contributed by atoms with Crippen LogP contribution < -0.4 is 10.6 Å². The summed E-state index contributed by atoms with van der Waals surface area (Å²) in [5, 5.41) is 7.03. The second kappa shape index (κ2) is 12.0. The highest BCUT2D eigenvalue weighted by Gasteiger charge is 2.31. The average Bonchev–Trinajstić information content (AvgIpc) is 3.03. The second-order valence-electron chi connectivity index (χ2n) is 7.78. The number of unbranched alkanes of at least 4 members (excludes halogenated alkanes) is 1. The molecular formula is C22H38N4O. The predicted octanol–water partition coefficient (Wildman–Crippen LogP) is 3.27. The van der Waals surface area contributed by atoms with E-state index >= 15 is 0 Å². The molecule has 0 spiro atoms. The van der Waals surface area contributed by atoms with E-state index < -0.39 is 0 Å². The highest BCUT2D eigenvalue weighted by molar-refractivity contribution is 5.80. The topological polar surface area (TPSA) is 48.9 Å². The molecule has 2 atom stereocenters. The molecule has 1 aromatic rings. The molecule has 5 nitrogen and oxygen atoms in total. The maximum atomic E-state index is 5.74. The van der Waals surface area contributed by atoms with Crippen LogP contribution in [0.4, 0.5) is 0 Å². The van der Waals surface area contributed by atoms with Crippen molar-refractivity contribution in [3.63, 3.8) is 0 Å². The third kappa shape index (κ3) is 7.89. The van der Waals surface area contributed by atoms with Crippen LogP contribution in [0.2, 0.25) is 0 Å². The zero-order valence-corrected chi connectivity index (χ0v) is 17.6. The first kappa shape index (κ1) is 21.7. The van der Waals surface area contributed by atoms with E-state index in [4.69, 9.17) is 9.73 Å². The van der Waals surface area contributed by atoms with Crippen LogP contribution in [0.15, 0.2) is 35.3 Å². The standard InChI is InChI=1S/C22H38N4O/c1-5-23-22(25-21-16-26(18(2)3)15-19(21)4)24-13-9-10-14-27-17-20-11-7-6-8-12-20/h6-8,11-12,18-19,21H,5,9-10,13-17H2,1-4H3,(H2,23,24,25). The first-order valence-corrected chi connectivity index (χ1v) is 10.5. The zero-order chi connectivity index (χ0) is 19.5. The number of aliphatic imine (C=N–C) groups is 1. The van der Waals surface area contributed by atoms with Crippen molar-refractivity contribution in [3.8, 4) is 0 Å². The van der Waals surface area contributed by atoms with Crippen molar-refractivity contribution >= 4 is 5.96 Å². The summed E-state index contributed by atoms with van der Waals surface area (Å²) < 4.78 is 5.74. The van der Waals surface area contributed by atoms with Gasteiger partial charge >= 0.3 is 0 Å². The van der Waals surface area contributed by atoms with Gasteiger partial charge in [0.25, 0.3) is 0 Å². The molecule has 2 rings (SSSR count). The van der Waals surface area contributed by atoms with Gasteiger partial charge in [-0.2, -0.15) is 0 Å². The monoisotopic (exact) mass is 374 g/mol. The van der Waals surface area contributed by atoms with Crippen LogP contribution in [0, 0.1) is 5.92 Å². The Balaban J connectivity index is 1.66. The van der Waals surface area contributed by atoms with E-state index in [9.17, 15) is 0 Å². The molecule has 1 saturated heterocycles. The fraction of sp³-hybridized carbons (Fsp3) is 0.682. The summed E-state index contributed by atoms with van der Waals surface area (Å²) in [5.41, 5.74) is 1.23. The van der Waals surface area contributed by atoms with Gasteiger partial charge in [-0.1, -0.05) is 37.3 Å². The van der Waals surface area contributed by atoms with Crippen molar-refractivity contribution in [1.82, 2.24) is 15.5 Å². The lowest BCUT2D eigenvalue weighted by Gasteiger charge is -2.21. The molecule has 0 saturated carbocycles. The zero-order valence-electron chi connectivity index (χ0n) is 17.6. The lowest BCUT2D eigenvalue weighted by atomic mass is 10.1. The molecule has 0 radical (unpaired) electrons. The molecule has 2 unspecified atom stereocenters. The second-order valence-corrected chi connectivity index (χ2v) is 7.78. The SMILES string of the molecule is CCNC(=NCCCCOCc1ccccc1)NC1CN(C(C)C)CC1C. The van der Waals surface area contributed by atoms with E-state index in [0.29, 0.717) is 24.6 Å². The Kier molecular flexibility index (Phi) is 9.64. The van der Waals surface area contributed by atoms with Gasteiger partial charge < -0.3 is 15.4 Å². The highest BCUT2D eigenvalue weighted by atomic mass is 16.5. The van der Waals surface area contributed by atoms with Crippen LogP contribution in [0.5, 0.6) is 0 Å². The highest BCUT2D eigenvalue weighted by Crippen LogP contribution is 2.18. The van der Waals surface area contributed by atoms with Gasteiger partial charge in [-0.3, -0.25) is 9.89 Å². The van der Waals surface area contributed by atoms with Gasteiger partial charge in [0, 0.05) is 44.9 Å². The number of ether oxygens (including phenoxy) is 1. The van der Waals surface area contributed by atoms with Crippen molar-refractivity contribution in [2.75, 3.05) is 32.8 Å². The van der Waals surface area contributed by atoms with Gasteiger partial charge in [0.15, 0.2) is 5.96 Å². The Morgan fingerprint density at radius 1 is 1.22 bits per heavy atom. The van der Waals surface area contributed by atoms with Crippen molar-refractivity contribution in [2.45, 2.75) is 59.2 Å². The lowest BCUT2D eigenvalue weighted by Crippen LogP contribution is -2.46. The summed E-state index contributed by atoms with van der Waals surface area (Å²) in [7, 11) is 0. The Hall–Kier alpha value is -1.59. The van der Waals surface area contributed by atoms with E-state index in [1.807, 2.05) is 18.2 Å². The minimum Gasteiger partial charge on any atom is -0.377 e. The fourth-order valence-electron chi connectivity index (χ4n) is 3.38. The number of nitrogens with one attached hydrogen (secondary N) is 2. The van der Waals surface area contributed by atoms with E-state index in [0.717, 1.165) is 51.6 Å². The molecular weight excluding hydrogens is 336 g/mol. The molecule has 0 bridgehead atoms. The largest absolute Gasteiger partial charge is 0.377 e. The van der Waals surface area contributed by atoms with Crippen LogP contribution in [0.1, 0.15) is 46.1 Å². The third-order valence-corrected chi connectivity index (χ3v) is 5.12. The van der Waals surface area contributed by atoms with Gasteiger partial charge in [0.05, 0.1) is 6.61 Å². The smallest absolute Gasteiger partial charge is 0.191 e. The van der Waals surface area contributed by atoms with Gasteiger partial charge in [-0.15, -0.1) is 0 Å². The quantitative estimate of drug-likeness (QED) is 0.375. The van der Waals surface area contributed by atoms with Crippen LogP contribution in [0.25, 0.3) is 0 Å². The summed E-state index contributed by atoms with van der Waals surface area (Å²) in [6, 6.07) is 11.4. The minimum atomic E-state index is 0.472. The van der Waals surface area contributed by atoms with Crippen molar-refractivity contribution in [3.05, 3.63) is 35.9 Å². The number of hydrogen-bond donors (Lipinski definition) is 2. The van der Waals surface area contributed by atoms with Crippen molar-refractivity contribution < 1.29 is 4.74 Å². The molecule has 0 aliphatic carbocycles. The molecule has 5 heteroatoms. The average molecular weight is 375 g/mol. The van der Waals surface area contributed by atoms with E-state index in [1.165, 1.54) is 5.56 Å². The van der Waals surface area contributed by atoms with Gasteiger partial charge in [0.1, 0.15) is 0 Å². The Labute approximate surface area is 165 Å². The number of nitrogens with zero attached hydrogens (tertiary/aromatic N) is 2. The number of likely N-dealkylation sites (tertiary alicyclic amines) is 1. The number of benzene rings is 1. The normalized spacial score (nSPS) is 21.0. The first-order valence-electron chi connectivity index (χ1n) is 10.5. The maximum Gasteiger partial charge on any atom is 0.191 e. The molecule has 1 heterocycles. The summed E-state index contributed by atoms with van der Waals surface area (Å²) in [4.78, 5) is 7.30. The van der Waals surface area contributed by atoms with E-state index in [-0.39, 0.29) is 0 Å². The van der Waals surface area contributed by atoms with E-state index in [2.05, 4.69) is 55.4 Å². The van der Waals surface area contributed by atoms with Crippen molar-refractivity contribution in [1.29, 1.82) is 0 Å². The summed E-state index contributed by atoms with van der Waals surface area (Å²) in [6.07, 6.45) is 2.08. The maximum absolute atomic E-state index is 5.74. The molecule has 0 amide bonds. The van der Waals surface area contributed by atoms with E-state index in [1.54, 1.807) is 0 Å². The predicted molar refractivity (Wildman–Crippen MR) is 114 cm³/mol. The molecule has 1 aliphatic heterocycles. The van der Waals surface area contributed by atoms with Crippen LogP contribution in [-0.2, 0) is 11.3 Å². The summed E-state index contributed by atoms with van der Waals surface area (Å²) >= 11 is 0. The van der Waals surface area contributed by atoms with Crippen LogP contribution >= 0.6 is 0 Å². The first-order chi connectivity index (χ1) is 13.1. The Morgan fingerprint density at radius 3 is 2.67 bits per heavy atom. The van der Waals surface area contributed by atoms with Gasteiger partial charge in [0.2, 0.25) is 0 Å². The fourth-order valence-corrected chi connectivity index (χ4v) is 3.38. The Morgan fingerprint density at radius 2 is 2.00 bits per heavy atom. The Bertz CT molecular complexity index is 547. The molecule has 152 valence electrons. The molecule has 1 aromatic carbocycles. The number of hydrogen-bond acceptors (Lipinski definition) is 3. The molecule has 0 aromatic heterocycles. The van der Waals surface area contributed by atoms with Gasteiger partial charge in [-0.05, 0) is 45.1 Å². The van der Waals surface area contributed by atoms with Gasteiger partial charge in [-0.25, -0.2) is 0 Å². The summed E-state index contributed by atoms with van der Waals surface area (Å²) in [6.45, 7) is 14.4. The molecule has 2 N–H and O–H groups in total. The third-order valence-electron chi connectivity index (χ3n) is 5.12. The van der Waals surface area contributed by atoms with Crippen LogP contribution in [-0.4, -0.2) is 55.7 Å². The molecule has 1 aliphatic rings. The minimum absolute atomic E-state index is 0.472. The van der Waals surface area contributed by atoms with Crippen LogP contribution in [0.3, 0.4) is 0 Å². The lowest BCUT2D eigenvalue weighted by molar-refractivity contribution is 0.117. The summed E-state index contributed by atoms with van der Waals surface area (Å²) in [5.74, 6) is 1.59. The van der Waals surface area contributed by atoms with Crippen molar-refractivity contribution in [2.24, 2.45) is 10.9 Å².